The summed E-state index contributed by atoms with van der Waals surface area (Å²) >= 11 is 0. The number of nitrogens with zero attached hydrogens (tertiary/aromatic N) is 1. The fourth-order valence-electron chi connectivity index (χ4n) is 2.58. The van der Waals surface area contributed by atoms with Crippen LogP contribution >= 0.6 is 0 Å². The fourth-order valence-corrected chi connectivity index (χ4v) is 2.58. The van der Waals surface area contributed by atoms with Crippen LogP contribution in [0.5, 0.6) is 0 Å². The Morgan fingerprint density at radius 2 is 2.10 bits per heavy atom. The molecule has 2 fully saturated rings. The number of urea groups is 1. The quantitative estimate of drug-likeness (QED) is 0.636. The third kappa shape index (κ3) is 4.10. The summed E-state index contributed by atoms with van der Waals surface area (Å²) in [6.07, 6.45) is 4.84. The molecule has 114 valence electrons. The molecule has 0 spiro atoms. The van der Waals surface area contributed by atoms with Crippen molar-refractivity contribution in [3.63, 3.8) is 0 Å². The van der Waals surface area contributed by atoms with E-state index < -0.39 is 11.4 Å². The number of piperidine rings is 1. The van der Waals surface area contributed by atoms with Crippen LogP contribution in [0.2, 0.25) is 0 Å². The lowest BCUT2D eigenvalue weighted by Gasteiger charge is -2.37. The fraction of sp³-hybridized carbons (Fsp3) is 0.857. The maximum atomic E-state index is 12.0. The molecule has 1 atom stereocenters. The zero-order valence-electron chi connectivity index (χ0n) is 12.2. The molecule has 0 aromatic carbocycles. The van der Waals surface area contributed by atoms with Gasteiger partial charge in [-0.1, -0.05) is 0 Å². The predicted octanol–water partition coefficient (Wildman–Crippen LogP) is 1.02. The van der Waals surface area contributed by atoms with E-state index in [9.17, 15) is 14.7 Å². The third-order valence-corrected chi connectivity index (χ3v) is 4.14. The van der Waals surface area contributed by atoms with Gasteiger partial charge in [-0.15, -0.1) is 0 Å². The maximum Gasteiger partial charge on any atom is 0.317 e. The van der Waals surface area contributed by atoms with Gasteiger partial charge in [0.1, 0.15) is 0 Å². The first kappa shape index (κ1) is 15.1. The molecule has 1 unspecified atom stereocenters. The summed E-state index contributed by atoms with van der Waals surface area (Å²) in [5.74, 6) is -0.816. The van der Waals surface area contributed by atoms with Crippen LogP contribution < -0.4 is 10.6 Å². The molecule has 0 bridgehead atoms. The first-order valence-electron chi connectivity index (χ1n) is 7.51. The van der Waals surface area contributed by atoms with Gasteiger partial charge in [0.05, 0.1) is 5.41 Å². The van der Waals surface area contributed by atoms with Crippen LogP contribution in [-0.2, 0) is 4.79 Å². The van der Waals surface area contributed by atoms with E-state index in [2.05, 4.69) is 10.6 Å². The first-order valence-corrected chi connectivity index (χ1v) is 7.51. The van der Waals surface area contributed by atoms with Gasteiger partial charge in [-0.3, -0.25) is 4.79 Å². The Labute approximate surface area is 119 Å². The lowest BCUT2D eigenvalue weighted by atomic mass is 9.82. The molecular formula is C14H25N3O3. The Morgan fingerprint density at radius 1 is 1.35 bits per heavy atom. The molecule has 2 aliphatic rings. The molecule has 2 rings (SSSR count). The predicted molar refractivity (Wildman–Crippen MR) is 75.6 cm³/mol. The number of carboxylic acid groups (broad SMARTS) is 1. The van der Waals surface area contributed by atoms with Crippen LogP contribution in [0.4, 0.5) is 4.79 Å². The van der Waals surface area contributed by atoms with Crippen LogP contribution in [0.3, 0.4) is 0 Å². The highest BCUT2D eigenvalue weighted by Crippen LogP contribution is 2.29. The second kappa shape index (κ2) is 6.43. The zero-order valence-corrected chi connectivity index (χ0v) is 12.2. The zero-order chi connectivity index (χ0) is 14.6. The summed E-state index contributed by atoms with van der Waals surface area (Å²) in [7, 11) is 0. The standard InChI is InChI=1S/C14H25N3O3/c1-14(12(18)19)6-2-9-17(10-14)13(20)16-8-3-7-15-11-4-5-11/h11,15H,2-10H2,1H3,(H,16,20)(H,18,19). The molecular weight excluding hydrogens is 258 g/mol. The average molecular weight is 283 g/mol. The molecule has 2 amide bonds. The van der Waals surface area contributed by atoms with Gasteiger partial charge in [-0.2, -0.15) is 0 Å². The number of aliphatic carboxylic acids is 1. The number of amides is 2. The van der Waals surface area contributed by atoms with Crippen molar-refractivity contribution < 1.29 is 14.7 Å². The summed E-state index contributed by atoms with van der Waals surface area (Å²) in [5, 5.41) is 15.5. The van der Waals surface area contributed by atoms with Crippen molar-refractivity contribution in [2.24, 2.45) is 5.41 Å². The number of nitrogens with one attached hydrogen (secondary N) is 2. The lowest BCUT2D eigenvalue weighted by Crippen LogP contribution is -2.51. The number of rotatable bonds is 6. The highest BCUT2D eigenvalue weighted by atomic mass is 16.4. The van der Waals surface area contributed by atoms with E-state index >= 15 is 0 Å². The minimum absolute atomic E-state index is 0.136. The maximum absolute atomic E-state index is 12.0. The molecule has 1 saturated heterocycles. The summed E-state index contributed by atoms with van der Waals surface area (Å²) in [4.78, 5) is 24.9. The SMILES string of the molecule is CC1(C(=O)O)CCCN(C(=O)NCCCNC2CC2)C1. The topological polar surface area (TPSA) is 81.7 Å². The van der Waals surface area contributed by atoms with Gasteiger partial charge in [0.2, 0.25) is 0 Å². The summed E-state index contributed by atoms with van der Waals surface area (Å²) in [6.45, 7) is 4.23. The largest absolute Gasteiger partial charge is 0.481 e. The Morgan fingerprint density at radius 3 is 2.75 bits per heavy atom. The van der Waals surface area contributed by atoms with E-state index in [1.54, 1.807) is 11.8 Å². The molecule has 3 N–H and O–H groups in total. The summed E-state index contributed by atoms with van der Waals surface area (Å²) < 4.78 is 0. The Kier molecular flexibility index (Phi) is 4.86. The van der Waals surface area contributed by atoms with Gasteiger partial charge in [0.15, 0.2) is 0 Å². The number of carbonyl (C=O) groups is 2. The van der Waals surface area contributed by atoms with Crippen LogP contribution in [-0.4, -0.2) is 54.2 Å². The van der Waals surface area contributed by atoms with Crippen LogP contribution in [0.15, 0.2) is 0 Å². The second-order valence-electron chi connectivity index (χ2n) is 6.20. The third-order valence-electron chi connectivity index (χ3n) is 4.14. The van der Waals surface area contributed by atoms with Crippen molar-refractivity contribution in [2.75, 3.05) is 26.2 Å². The van der Waals surface area contributed by atoms with E-state index in [1.807, 2.05) is 0 Å². The van der Waals surface area contributed by atoms with Gasteiger partial charge < -0.3 is 20.6 Å². The van der Waals surface area contributed by atoms with Gasteiger partial charge in [-0.05, 0) is 45.6 Å². The van der Waals surface area contributed by atoms with E-state index in [0.29, 0.717) is 32.1 Å². The highest BCUT2D eigenvalue weighted by molar-refractivity contribution is 5.78. The minimum Gasteiger partial charge on any atom is -0.481 e. The van der Waals surface area contributed by atoms with Gasteiger partial charge >= 0.3 is 12.0 Å². The first-order chi connectivity index (χ1) is 9.51. The van der Waals surface area contributed by atoms with Crippen molar-refractivity contribution in [1.29, 1.82) is 0 Å². The van der Waals surface area contributed by atoms with E-state index in [1.165, 1.54) is 12.8 Å². The normalized spacial score (nSPS) is 26.4. The molecule has 20 heavy (non-hydrogen) atoms. The molecule has 1 heterocycles. The second-order valence-corrected chi connectivity index (χ2v) is 6.20. The number of likely N-dealkylation sites (tertiary alicyclic amines) is 1. The number of carbonyl (C=O) groups excluding carboxylic acids is 1. The lowest BCUT2D eigenvalue weighted by molar-refractivity contribution is -0.150. The van der Waals surface area contributed by atoms with Crippen molar-refractivity contribution in [2.45, 2.75) is 45.1 Å². The molecule has 1 saturated carbocycles. The molecule has 0 radical (unpaired) electrons. The van der Waals surface area contributed by atoms with Crippen molar-refractivity contribution in [3.05, 3.63) is 0 Å². The Hall–Kier alpha value is -1.30. The molecule has 6 heteroatoms. The molecule has 1 aliphatic carbocycles. The van der Waals surface area contributed by atoms with Crippen LogP contribution in [0, 0.1) is 5.41 Å². The van der Waals surface area contributed by atoms with E-state index in [-0.39, 0.29) is 6.03 Å². The molecule has 0 aromatic rings. The Bertz CT molecular complexity index is 371. The van der Waals surface area contributed by atoms with Gasteiger partial charge in [-0.25, -0.2) is 4.79 Å². The van der Waals surface area contributed by atoms with Gasteiger partial charge in [0.25, 0.3) is 0 Å². The number of carboxylic acids is 1. The molecule has 1 aliphatic heterocycles. The van der Waals surface area contributed by atoms with Crippen LogP contribution in [0.25, 0.3) is 0 Å². The highest BCUT2D eigenvalue weighted by Gasteiger charge is 2.39. The van der Waals surface area contributed by atoms with Crippen molar-refractivity contribution in [1.82, 2.24) is 15.5 Å². The Balaban J connectivity index is 1.67. The van der Waals surface area contributed by atoms with Crippen molar-refractivity contribution >= 4 is 12.0 Å². The monoisotopic (exact) mass is 283 g/mol. The average Bonchev–Trinajstić information content (AvgIpc) is 3.22. The minimum atomic E-state index is -0.816. The molecule has 6 nitrogen and oxygen atoms in total. The number of hydrogen-bond donors (Lipinski definition) is 3. The van der Waals surface area contributed by atoms with Crippen LogP contribution in [0.1, 0.15) is 39.0 Å². The number of hydrogen-bond acceptors (Lipinski definition) is 3. The van der Waals surface area contributed by atoms with E-state index in [4.69, 9.17) is 0 Å². The van der Waals surface area contributed by atoms with E-state index in [0.717, 1.165) is 19.4 Å². The van der Waals surface area contributed by atoms with Crippen molar-refractivity contribution in [3.8, 4) is 0 Å². The summed E-state index contributed by atoms with van der Waals surface area (Å²) in [5.41, 5.74) is -0.802. The smallest absolute Gasteiger partial charge is 0.317 e. The van der Waals surface area contributed by atoms with Gasteiger partial charge in [0, 0.05) is 25.7 Å². The summed E-state index contributed by atoms with van der Waals surface area (Å²) in [6, 6.07) is 0.563. The molecule has 0 aromatic heterocycles.